The zero-order valence-corrected chi connectivity index (χ0v) is 13.8. The first kappa shape index (κ1) is 16.8. The molecule has 3 rings (SSSR count). The third-order valence-corrected chi connectivity index (χ3v) is 3.92. The van der Waals surface area contributed by atoms with Crippen LogP contribution in [0.25, 0.3) is 6.08 Å². The first-order valence-corrected chi connectivity index (χ1v) is 8.24. The Morgan fingerprint density at radius 3 is 2.88 bits per heavy atom. The molecule has 0 aromatic heterocycles. The van der Waals surface area contributed by atoms with E-state index in [0.717, 1.165) is 22.3 Å². The minimum Gasteiger partial charge on any atom is -0.445 e. The van der Waals surface area contributed by atoms with Gasteiger partial charge in [0, 0.05) is 18.7 Å². The fourth-order valence-corrected chi connectivity index (χ4v) is 2.61. The molecular weight excluding hydrogens is 316 g/mol. The van der Waals surface area contributed by atoms with Gasteiger partial charge >= 0.3 is 6.09 Å². The third-order valence-electron chi connectivity index (χ3n) is 3.92. The molecule has 0 radical (unpaired) electrons. The Labute approximate surface area is 146 Å². The van der Waals surface area contributed by atoms with Gasteiger partial charge in [0.2, 0.25) is 0 Å². The van der Waals surface area contributed by atoms with Crippen LogP contribution in [0.3, 0.4) is 0 Å². The Kier molecular flexibility index (Phi) is 5.46. The molecule has 25 heavy (non-hydrogen) atoms. The zero-order chi connectivity index (χ0) is 17.5. The van der Waals surface area contributed by atoms with Gasteiger partial charge in [0.25, 0.3) is 5.91 Å². The number of ether oxygens (including phenoxy) is 1. The highest BCUT2D eigenvalue weighted by Gasteiger charge is 2.17. The molecule has 1 aliphatic heterocycles. The van der Waals surface area contributed by atoms with Gasteiger partial charge in [0.05, 0.1) is 0 Å². The zero-order valence-electron chi connectivity index (χ0n) is 13.8. The van der Waals surface area contributed by atoms with Crippen LogP contribution in [-0.2, 0) is 17.9 Å². The highest BCUT2D eigenvalue weighted by molar-refractivity contribution is 5.98. The number of alkyl carbamates (subject to hydrolysis) is 1. The summed E-state index contributed by atoms with van der Waals surface area (Å²) in [4.78, 5) is 23.1. The molecule has 0 spiro atoms. The van der Waals surface area contributed by atoms with Crippen molar-refractivity contribution in [2.24, 2.45) is 0 Å². The molecule has 128 valence electrons. The lowest BCUT2D eigenvalue weighted by Gasteiger charge is -2.05. The van der Waals surface area contributed by atoms with E-state index in [4.69, 9.17) is 4.74 Å². The van der Waals surface area contributed by atoms with E-state index in [2.05, 4.69) is 10.6 Å². The van der Waals surface area contributed by atoms with Crippen LogP contribution in [0.2, 0.25) is 0 Å². The van der Waals surface area contributed by atoms with Gasteiger partial charge in [-0.05, 0) is 35.2 Å². The minimum absolute atomic E-state index is 0.0104. The maximum absolute atomic E-state index is 11.6. The van der Waals surface area contributed by atoms with Crippen molar-refractivity contribution in [2.45, 2.75) is 19.6 Å². The second kappa shape index (κ2) is 8.15. The number of nitrogens with one attached hydrogen (secondary N) is 2. The molecule has 2 N–H and O–H groups in total. The molecule has 0 saturated carbocycles. The van der Waals surface area contributed by atoms with E-state index in [1.54, 1.807) is 0 Å². The van der Waals surface area contributed by atoms with E-state index in [9.17, 15) is 9.59 Å². The Morgan fingerprint density at radius 2 is 2.04 bits per heavy atom. The summed E-state index contributed by atoms with van der Waals surface area (Å²) in [6, 6.07) is 15.3. The van der Waals surface area contributed by atoms with Gasteiger partial charge in [-0.15, -0.1) is 0 Å². The van der Waals surface area contributed by atoms with Crippen LogP contribution in [0.5, 0.6) is 0 Å². The van der Waals surface area contributed by atoms with E-state index in [1.807, 2.05) is 60.7 Å². The van der Waals surface area contributed by atoms with Crippen molar-refractivity contribution < 1.29 is 14.3 Å². The minimum atomic E-state index is -0.417. The molecule has 0 unspecified atom stereocenters. The average Bonchev–Trinajstić information content (AvgIpc) is 3.01. The lowest BCUT2D eigenvalue weighted by atomic mass is 10.1. The summed E-state index contributed by atoms with van der Waals surface area (Å²) in [5.74, 6) is -0.0104. The smallest absolute Gasteiger partial charge is 0.407 e. The number of hydrogen-bond donors (Lipinski definition) is 2. The highest BCUT2D eigenvalue weighted by Crippen LogP contribution is 2.18. The molecule has 0 fully saturated rings. The van der Waals surface area contributed by atoms with Gasteiger partial charge in [0.1, 0.15) is 6.61 Å². The van der Waals surface area contributed by atoms with Crippen LogP contribution in [-0.4, -0.2) is 18.5 Å². The van der Waals surface area contributed by atoms with Gasteiger partial charge in [-0.2, -0.15) is 0 Å². The van der Waals surface area contributed by atoms with Crippen molar-refractivity contribution in [3.05, 3.63) is 76.9 Å². The second-order valence-electron chi connectivity index (χ2n) is 5.78. The van der Waals surface area contributed by atoms with Crippen molar-refractivity contribution >= 4 is 18.1 Å². The molecule has 0 saturated heterocycles. The molecule has 2 amide bonds. The summed E-state index contributed by atoms with van der Waals surface area (Å²) in [6.45, 7) is 1.37. The van der Waals surface area contributed by atoms with Crippen LogP contribution < -0.4 is 10.6 Å². The number of rotatable bonds is 6. The van der Waals surface area contributed by atoms with E-state index in [0.29, 0.717) is 19.5 Å². The molecule has 1 aliphatic rings. The molecule has 0 aliphatic carbocycles. The summed E-state index contributed by atoms with van der Waals surface area (Å²) < 4.78 is 5.14. The van der Waals surface area contributed by atoms with Crippen molar-refractivity contribution in [3.8, 4) is 0 Å². The number of carbonyl (C=O) groups excluding carboxylic acids is 2. The number of amides is 2. The number of carbonyl (C=O) groups is 2. The number of hydrogen-bond acceptors (Lipinski definition) is 3. The van der Waals surface area contributed by atoms with Crippen LogP contribution in [0.4, 0.5) is 4.79 Å². The summed E-state index contributed by atoms with van der Waals surface area (Å²) in [7, 11) is 0. The lowest BCUT2D eigenvalue weighted by Crippen LogP contribution is -2.24. The van der Waals surface area contributed by atoms with Crippen molar-refractivity contribution in [2.75, 3.05) is 6.54 Å². The van der Waals surface area contributed by atoms with Crippen LogP contribution >= 0.6 is 0 Å². The maximum atomic E-state index is 11.6. The van der Waals surface area contributed by atoms with E-state index in [-0.39, 0.29) is 12.5 Å². The van der Waals surface area contributed by atoms with Crippen LogP contribution in [0, 0.1) is 0 Å². The van der Waals surface area contributed by atoms with Crippen molar-refractivity contribution in [3.63, 3.8) is 0 Å². The van der Waals surface area contributed by atoms with E-state index in [1.165, 1.54) is 0 Å². The second-order valence-corrected chi connectivity index (χ2v) is 5.78. The van der Waals surface area contributed by atoms with Gasteiger partial charge < -0.3 is 15.4 Å². The molecule has 0 atom stereocenters. The van der Waals surface area contributed by atoms with Gasteiger partial charge in [0.15, 0.2) is 0 Å². The normalized spacial score (nSPS) is 12.7. The maximum Gasteiger partial charge on any atom is 0.407 e. The fraction of sp³-hybridized carbons (Fsp3) is 0.200. The Bertz CT molecular complexity index is 785. The number of fused-ring (bicyclic) bond motifs is 1. The monoisotopic (exact) mass is 336 g/mol. The van der Waals surface area contributed by atoms with E-state index >= 15 is 0 Å². The molecular formula is C20H20N2O3. The molecule has 2 aromatic rings. The molecule has 2 aromatic carbocycles. The third kappa shape index (κ3) is 4.70. The topological polar surface area (TPSA) is 67.4 Å². The standard InChI is InChI=1S/C20H20N2O3/c23-19-18-10-9-15(12-17(18)13-22-19)6-4-5-11-21-20(24)25-14-16-7-2-1-3-8-16/h1-4,6-10,12H,5,11,13-14H2,(H,21,24)(H,22,23). The van der Waals surface area contributed by atoms with Gasteiger partial charge in [-0.3, -0.25) is 4.79 Å². The Hall–Kier alpha value is -3.08. The first-order chi connectivity index (χ1) is 12.2. The summed E-state index contributed by atoms with van der Waals surface area (Å²) >= 11 is 0. The highest BCUT2D eigenvalue weighted by atomic mass is 16.5. The lowest BCUT2D eigenvalue weighted by molar-refractivity contribution is 0.0965. The summed E-state index contributed by atoms with van der Waals surface area (Å²) in [6.07, 6.45) is 4.26. The van der Waals surface area contributed by atoms with Crippen molar-refractivity contribution in [1.29, 1.82) is 0 Å². The number of benzene rings is 2. The van der Waals surface area contributed by atoms with Crippen LogP contribution in [0.1, 0.15) is 33.5 Å². The first-order valence-electron chi connectivity index (χ1n) is 8.24. The molecule has 1 heterocycles. The predicted octanol–water partition coefficient (Wildman–Crippen LogP) is 3.26. The largest absolute Gasteiger partial charge is 0.445 e. The molecule has 5 heteroatoms. The van der Waals surface area contributed by atoms with Gasteiger partial charge in [-0.25, -0.2) is 4.79 Å². The van der Waals surface area contributed by atoms with Crippen molar-refractivity contribution in [1.82, 2.24) is 10.6 Å². The summed E-state index contributed by atoms with van der Waals surface area (Å²) in [5.41, 5.74) is 3.78. The summed E-state index contributed by atoms with van der Waals surface area (Å²) in [5, 5.41) is 5.52. The fourth-order valence-electron chi connectivity index (χ4n) is 2.61. The average molecular weight is 336 g/mol. The Morgan fingerprint density at radius 1 is 1.20 bits per heavy atom. The van der Waals surface area contributed by atoms with E-state index < -0.39 is 6.09 Å². The SMILES string of the molecule is O=C(NCCC=Cc1ccc2c(c1)CNC2=O)OCc1ccccc1. The molecule has 5 nitrogen and oxygen atoms in total. The van der Waals surface area contributed by atoms with Gasteiger partial charge in [-0.1, -0.05) is 48.6 Å². The molecule has 0 bridgehead atoms. The van der Waals surface area contributed by atoms with Crippen LogP contribution in [0.15, 0.2) is 54.6 Å². The predicted molar refractivity (Wildman–Crippen MR) is 95.9 cm³/mol. The Balaban J connectivity index is 1.37. The quantitative estimate of drug-likeness (QED) is 0.796.